The minimum absolute atomic E-state index is 0.120. The molecule has 0 bridgehead atoms. The first-order valence-corrected chi connectivity index (χ1v) is 5.27. The molecule has 0 N–H and O–H groups in total. The second-order valence-corrected chi connectivity index (χ2v) is 4.22. The van der Waals surface area contributed by atoms with E-state index in [2.05, 4.69) is 27.5 Å². The summed E-state index contributed by atoms with van der Waals surface area (Å²) in [5.41, 5.74) is 0.785. The first-order chi connectivity index (χ1) is 7.16. The lowest BCUT2D eigenvalue weighted by molar-refractivity contribution is 0.272. The number of nitrogens with zero attached hydrogens (tertiary/aromatic N) is 1. The fourth-order valence-corrected chi connectivity index (χ4v) is 1.53. The van der Waals surface area contributed by atoms with Gasteiger partial charge in [-0.15, -0.1) is 0 Å². The van der Waals surface area contributed by atoms with Gasteiger partial charge in [-0.25, -0.2) is 9.38 Å². The molecule has 0 saturated carbocycles. The zero-order chi connectivity index (χ0) is 10.8. The van der Waals surface area contributed by atoms with Gasteiger partial charge in [0.25, 0.3) is 0 Å². The molecular formula is C11H9BrFNO. The molecular weight excluding hydrogens is 261 g/mol. The van der Waals surface area contributed by atoms with Gasteiger partial charge in [0.1, 0.15) is 5.82 Å². The Morgan fingerprint density at radius 3 is 2.67 bits per heavy atom. The smallest absolute Gasteiger partial charge is 0.216 e. The van der Waals surface area contributed by atoms with Gasteiger partial charge in [-0.05, 0) is 24.3 Å². The molecule has 0 spiro atoms. The zero-order valence-electron chi connectivity index (χ0n) is 7.91. The van der Waals surface area contributed by atoms with E-state index in [-0.39, 0.29) is 11.9 Å². The molecule has 78 valence electrons. The Labute approximate surface area is 95.6 Å². The van der Waals surface area contributed by atoms with Crippen LogP contribution in [0.5, 0.6) is 0 Å². The molecule has 4 heteroatoms. The highest BCUT2D eigenvalue weighted by molar-refractivity contribution is 9.11. The van der Waals surface area contributed by atoms with Crippen LogP contribution in [-0.2, 0) is 4.74 Å². The summed E-state index contributed by atoms with van der Waals surface area (Å²) in [7, 11) is 0. The molecule has 0 unspecified atom stereocenters. The Hall–Kier alpha value is -1.16. The number of ether oxygens (including phenoxy) is 1. The molecule has 0 fully saturated rings. The number of benzene rings is 1. The van der Waals surface area contributed by atoms with Gasteiger partial charge in [-0.2, -0.15) is 0 Å². The Morgan fingerprint density at radius 1 is 1.47 bits per heavy atom. The molecule has 0 radical (unpaired) electrons. The summed E-state index contributed by atoms with van der Waals surface area (Å²) < 4.78 is 19.0. The molecule has 0 aromatic heterocycles. The normalized spacial score (nSPS) is 19.6. The highest BCUT2D eigenvalue weighted by Gasteiger charge is 2.22. The van der Waals surface area contributed by atoms with Crippen molar-refractivity contribution in [1.82, 2.24) is 0 Å². The fraction of sp³-hybridized carbons (Fsp3) is 0.182. The van der Waals surface area contributed by atoms with Crippen LogP contribution < -0.4 is 0 Å². The van der Waals surface area contributed by atoms with Crippen molar-refractivity contribution in [2.45, 2.75) is 6.10 Å². The third-order valence-electron chi connectivity index (χ3n) is 2.10. The van der Waals surface area contributed by atoms with Gasteiger partial charge >= 0.3 is 0 Å². The van der Waals surface area contributed by atoms with Crippen molar-refractivity contribution in [2.24, 2.45) is 4.99 Å². The van der Waals surface area contributed by atoms with Gasteiger partial charge < -0.3 is 4.74 Å². The quantitative estimate of drug-likeness (QED) is 0.809. The van der Waals surface area contributed by atoms with Crippen molar-refractivity contribution >= 4 is 21.8 Å². The maximum atomic E-state index is 12.7. The average molecular weight is 270 g/mol. The summed E-state index contributed by atoms with van der Waals surface area (Å²) in [4.78, 5) is 4.22. The second kappa shape index (κ2) is 4.14. The van der Waals surface area contributed by atoms with Gasteiger partial charge in [0.15, 0.2) is 6.10 Å². The van der Waals surface area contributed by atoms with E-state index < -0.39 is 0 Å². The number of halogens is 2. The summed E-state index contributed by atoms with van der Waals surface area (Å²) in [6.45, 7) is 4.29. The summed E-state index contributed by atoms with van der Waals surface area (Å²) in [5.74, 6) is 0.277. The van der Waals surface area contributed by atoms with E-state index in [0.717, 1.165) is 10.0 Å². The molecule has 1 aliphatic heterocycles. The van der Waals surface area contributed by atoms with Crippen LogP contribution in [0.25, 0.3) is 0 Å². The van der Waals surface area contributed by atoms with Crippen LogP contribution in [0.15, 0.2) is 40.3 Å². The van der Waals surface area contributed by atoms with Gasteiger partial charge in [0.2, 0.25) is 5.90 Å². The summed E-state index contributed by atoms with van der Waals surface area (Å²) in [5, 5.41) is 0. The number of aliphatic imine (C=N–C) groups is 1. The summed E-state index contributed by atoms with van der Waals surface area (Å²) >= 11 is 3.26. The van der Waals surface area contributed by atoms with E-state index in [9.17, 15) is 4.39 Å². The molecule has 1 aliphatic rings. The molecule has 1 heterocycles. The highest BCUT2D eigenvalue weighted by Crippen LogP contribution is 2.20. The zero-order valence-corrected chi connectivity index (χ0v) is 9.50. The minimum Gasteiger partial charge on any atom is -0.467 e. The van der Waals surface area contributed by atoms with Crippen LogP contribution in [0, 0.1) is 5.82 Å². The second-order valence-electron chi connectivity index (χ2n) is 3.21. The van der Waals surface area contributed by atoms with E-state index in [1.807, 2.05) is 0 Å². The monoisotopic (exact) mass is 269 g/mol. The molecule has 2 rings (SSSR count). The third-order valence-corrected chi connectivity index (χ3v) is 2.61. The molecule has 15 heavy (non-hydrogen) atoms. The maximum Gasteiger partial charge on any atom is 0.216 e. The van der Waals surface area contributed by atoms with Crippen molar-refractivity contribution < 1.29 is 9.13 Å². The fourth-order valence-electron chi connectivity index (χ4n) is 1.29. The van der Waals surface area contributed by atoms with Gasteiger partial charge in [0, 0.05) is 10.0 Å². The predicted octanol–water partition coefficient (Wildman–Crippen LogP) is 2.88. The van der Waals surface area contributed by atoms with Crippen molar-refractivity contribution in [2.75, 3.05) is 6.54 Å². The molecule has 1 atom stereocenters. The highest BCUT2D eigenvalue weighted by atomic mass is 79.9. The number of hydrogen-bond donors (Lipinski definition) is 0. The van der Waals surface area contributed by atoms with Crippen LogP contribution in [-0.4, -0.2) is 18.5 Å². The Balaban J connectivity index is 2.14. The van der Waals surface area contributed by atoms with Crippen LogP contribution in [0.2, 0.25) is 0 Å². The lowest BCUT2D eigenvalue weighted by Crippen LogP contribution is -2.12. The molecule has 0 saturated heterocycles. The minimum atomic E-state index is -0.265. The lowest BCUT2D eigenvalue weighted by atomic mass is 10.2. The number of hydrogen-bond acceptors (Lipinski definition) is 2. The van der Waals surface area contributed by atoms with E-state index >= 15 is 0 Å². The lowest BCUT2D eigenvalue weighted by Gasteiger charge is -2.09. The summed E-state index contributed by atoms with van der Waals surface area (Å²) in [6, 6.07) is 6.07. The third kappa shape index (κ3) is 2.26. The Morgan fingerprint density at radius 2 is 2.13 bits per heavy atom. The van der Waals surface area contributed by atoms with Crippen LogP contribution in [0.1, 0.15) is 5.56 Å². The maximum absolute atomic E-state index is 12.7. The Kier molecular flexibility index (Phi) is 2.86. The average Bonchev–Trinajstić information content (AvgIpc) is 2.68. The van der Waals surface area contributed by atoms with Gasteiger partial charge in [-0.3, -0.25) is 0 Å². The molecule has 0 aliphatic carbocycles. The van der Waals surface area contributed by atoms with Crippen LogP contribution in [0.4, 0.5) is 4.39 Å². The topological polar surface area (TPSA) is 21.6 Å². The molecule has 1 aromatic rings. The first kappa shape index (κ1) is 10.4. The predicted molar refractivity (Wildman–Crippen MR) is 60.7 cm³/mol. The molecule has 2 nitrogen and oxygen atoms in total. The van der Waals surface area contributed by atoms with Crippen LogP contribution >= 0.6 is 15.9 Å². The van der Waals surface area contributed by atoms with Gasteiger partial charge in [0.05, 0.1) is 6.54 Å². The van der Waals surface area contributed by atoms with Crippen molar-refractivity contribution in [3.05, 3.63) is 46.7 Å². The first-order valence-electron chi connectivity index (χ1n) is 4.48. The molecule has 1 aromatic carbocycles. The molecule has 0 amide bonds. The van der Waals surface area contributed by atoms with Gasteiger partial charge in [-0.1, -0.05) is 22.5 Å². The van der Waals surface area contributed by atoms with Crippen molar-refractivity contribution in [1.29, 1.82) is 0 Å². The number of rotatable bonds is 2. The standard InChI is InChI=1S/C11H9BrFNO/c1-7(12)10-6-14-11(15-10)8-2-4-9(13)5-3-8/h2-5,10H,1,6H2/t10-/m1/s1. The van der Waals surface area contributed by atoms with Crippen molar-refractivity contribution in [3.8, 4) is 0 Å². The van der Waals surface area contributed by atoms with E-state index in [1.54, 1.807) is 12.1 Å². The van der Waals surface area contributed by atoms with E-state index in [4.69, 9.17) is 4.74 Å². The summed E-state index contributed by atoms with van der Waals surface area (Å²) in [6.07, 6.45) is -0.120. The largest absolute Gasteiger partial charge is 0.467 e. The Bertz CT molecular complexity index is 413. The van der Waals surface area contributed by atoms with Crippen molar-refractivity contribution in [3.63, 3.8) is 0 Å². The van der Waals surface area contributed by atoms with E-state index in [0.29, 0.717) is 12.4 Å². The van der Waals surface area contributed by atoms with Crippen LogP contribution in [0.3, 0.4) is 0 Å². The SMILES string of the molecule is C=C(Br)[C@H]1CN=C(c2ccc(F)cc2)O1. The van der Waals surface area contributed by atoms with E-state index in [1.165, 1.54) is 12.1 Å².